The minimum atomic E-state index is 0. The number of fused-ring (bicyclic) bond motifs is 2. The largest absolute Gasteiger partial charge is 0.340 e. The number of aliphatic imine (C=N–C) groups is 1. The molecular weight excluding hydrogens is 294 g/mol. The maximum Gasteiger partial charge on any atom is 0.178 e. The van der Waals surface area contributed by atoms with E-state index in [1.807, 2.05) is 6.21 Å². The van der Waals surface area contributed by atoms with Gasteiger partial charge in [0.15, 0.2) is 6.29 Å². The predicted octanol–water partition coefficient (Wildman–Crippen LogP) is 3.32. The molecule has 2 heterocycles. The molecule has 0 N–H and O–H groups in total. The van der Waals surface area contributed by atoms with Crippen molar-refractivity contribution < 1.29 is 0 Å². The third-order valence-electron chi connectivity index (χ3n) is 4.50. The molecule has 0 radical (unpaired) electrons. The maximum atomic E-state index is 4.78. The van der Waals surface area contributed by atoms with Crippen LogP contribution in [0.2, 0.25) is 0 Å². The first-order valence-corrected chi connectivity index (χ1v) is 7.49. The highest BCUT2D eigenvalue weighted by Gasteiger charge is 2.28. The molecule has 1 atom stereocenters. The summed E-state index contributed by atoms with van der Waals surface area (Å²) in [5, 5.41) is 0. The van der Waals surface area contributed by atoms with Crippen molar-refractivity contribution >= 4 is 24.3 Å². The van der Waals surface area contributed by atoms with Gasteiger partial charge in [0.2, 0.25) is 0 Å². The predicted molar refractivity (Wildman–Crippen MR) is 94.0 cm³/mol. The van der Waals surface area contributed by atoms with E-state index in [1.54, 1.807) is 0 Å². The van der Waals surface area contributed by atoms with Crippen LogP contribution < -0.4 is 4.90 Å². The Bertz CT molecular complexity index is 698. The highest BCUT2D eigenvalue weighted by Crippen LogP contribution is 2.28. The number of rotatable bonds is 1. The lowest BCUT2D eigenvalue weighted by Crippen LogP contribution is -2.49. The normalized spacial score (nSPS) is 20.0. The van der Waals surface area contributed by atoms with Gasteiger partial charge >= 0.3 is 0 Å². The Hall–Kier alpha value is -1.84. The fraction of sp³-hybridized carbons (Fsp3) is 0.278. The van der Waals surface area contributed by atoms with Crippen LogP contribution in [0, 0.1) is 0 Å². The molecule has 1 unspecified atom stereocenters. The Morgan fingerprint density at radius 1 is 1.00 bits per heavy atom. The van der Waals surface area contributed by atoms with Crippen molar-refractivity contribution in [2.75, 3.05) is 18.5 Å². The van der Waals surface area contributed by atoms with Crippen molar-refractivity contribution in [2.45, 2.75) is 19.3 Å². The van der Waals surface area contributed by atoms with Gasteiger partial charge in [-0.1, -0.05) is 42.5 Å². The van der Waals surface area contributed by atoms with Crippen LogP contribution in [0.5, 0.6) is 0 Å². The molecule has 114 valence electrons. The average molecular weight is 314 g/mol. The Morgan fingerprint density at radius 2 is 1.73 bits per heavy atom. The quantitative estimate of drug-likeness (QED) is 0.804. The molecule has 2 aromatic rings. The van der Waals surface area contributed by atoms with E-state index in [2.05, 4.69) is 65.4 Å². The second kappa shape index (κ2) is 6.11. The summed E-state index contributed by atoms with van der Waals surface area (Å²) >= 11 is 0. The molecule has 3 nitrogen and oxygen atoms in total. The summed E-state index contributed by atoms with van der Waals surface area (Å²) in [4.78, 5) is 9.51. The molecule has 0 amide bonds. The smallest absolute Gasteiger partial charge is 0.178 e. The first kappa shape index (κ1) is 15.1. The Labute approximate surface area is 137 Å². The molecule has 0 aliphatic carbocycles. The number of para-hydroxylation sites is 1. The number of anilines is 1. The Balaban J connectivity index is 0.00000144. The van der Waals surface area contributed by atoms with E-state index < -0.39 is 0 Å². The molecular formula is C18H20ClN3. The summed E-state index contributed by atoms with van der Waals surface area (Å²) in [5.74, 6) is 0. The van der Waals surface area contributed by atoms with Gasteiger partial charge in [-0.15, -0.1) is 12.4 Å². The van der Waals surface area contributed by atoms with Gasteiger partial charge in [-0.05, 0) is 23.6 Å². The van der Waals surface area contributed by atoms with Gasteiger partial charge in [-0.2, -0.15) is 0 Å². The van der Waals surface area contributed by atoms with E-state index >= 15 is 0 Å². The molecule has 22 heavy (non-hydrogen) atoms. The number of halogens is 1. The number of hydrogen-bond donors (Lipinski definition) is 0. The van der Waals surface area contributed by atoms with Crippen LogP contribution in [-0.4, -0.2) is 31.0 Å². The summed E-state index contributed by atoms with van der Waals surface area (Å²) in [6.07, 6.45) is 3.23. The molecule has 0 spiro atoms. The van der Waals surface area contributed by atoms with Gasteiger partial charge < -0.3 is 4.90 Å². The molecule has 0 saturated heterocycles. The van der Waals surface area contributed by atoms with Crippen molar-refractivity contribution in [3.8, 4) is 0 Å². The standard InChI is InChI=1S/C18H19N3.ClH/c1-20-17-9-5-4-7-15(17)12-19-18(20)21-11-10-14-6-2-3-8-16(14)13-21;/h2-9,12,18H,10-11,13H2,1H3;1H. The molecule has 4 rings (SSSR count). The van der Waals surface area contributed by atoms with Gasteiger partial charge in [0.25, 0.3) is 0 Å². The monoisotopic (exact) mass is 313 g/mol. The third kappa shape index (κ3) is 2.51. The third-order valence-corrected chi connectivity index (χ3v) is 4.50. The van der Waals surface area contributed by atoms with Crippen LogP contribution in [0.15, 0.2) is 53.5 Å². The Kier molecular flexibility index (Phi) is 4.19. The van der Waals surface area contributed by atoms with Crippen LogP contribution in [0.25, 0.3) is 0 Å². The SMILES string of the molecule is CN1c2ccccc2C=NC1N1CCc2ccccc2C1.Cl. The van der Waals surface area contributed by atoms with Crippen molar-refractivity contribution in [2.24, 2.45) is 4.99 Å². The zero-order valence-electron chi connectivity index (χ0n) is 12.6. The minimum absolute atomic E-state index is 0. The highest BCUT2D eigenvalue weighted by atomic mass is 35.5. The lowest BCUT2D eigenvalue weighted by molar-refractivity contribution is 0.182. The van der Waals surface area contributed by atoms with Crippen LogP contribution in [0.3, 0.4) is 0 Å². The summed E-state index contributed by atoms with van der Waals surface area (Å²) in [6, 6.07) is 17.2. The van der Waals surface area contributed by atoms with E-state index in [0.717, 1.165) is 19.5 Å². The van der Waals surface area contributed by atoms with Crippen LogP contribution in [-0.2, 0) is 13.0 Å². The van der Waals surface area contributed by atoms with E-state index in [0.29, 0.717) is 0 Å². The van der Waals surface area contributed by atoms with Gasteiger partial charge in [0.05, 0.1) is 0 Å². The molecule has 0 fully saturated rings. The van der Waals surface area contributed by atoms with Crippen LogP contribution >= 0.6 is 12.4 Å². The highest BCUT2D eigenvalue weighted by molar-refractivity contribution is 5.90. The van der Waals surface area contributed by atoms with Crippen LogP contribution in [0.4, 0.5) is 5.69 Å². The zero-order valence-corrected chi connectivity index (χ0v) is 13.5. The van der Waals surface area contributed by atoms with Crippen molar-refractivity contribution in [3.63, 3.8) is 0 Å². The fourth-order valence-electron chi connectivity index (χ4n) is 3.34. The van der Waals surface area contributed by atoms with Crippen LogP contribution in [0.1, 0.15) is 16.7 Å². The summed E-state index contributed by atoms with van der Waals surface area (Å²) in [7, 11) is 2.14. The molecule has 0 aromatic heterocycles. The van der Waals surface area contributed by atoms with E-state index in [4.69, 9.17) is 4.99 Å². The second-order valence-electron chi connectivity index (χ2n) is 5.78. The first-order chi connectivity index (χ1) is 10.3. The first-order valence-electron chi connectivity index (χ1n) is 7.49. The number of benzene rings is 2. The van der Waals surface area contributed by atoms with Crippen molar-refractivity contribution in [3.05, 3.63) is 65.2 Å². The van der Waals surface area contributed by atoms with Gasteiger partial charge in [0.1, 0.15) is 0 Å². The van der Waals surface area contributed by atoms with Gasteiger partial charge in [0, 0.05) is 37.6 Å². The molecule has 2 aliphatic rings. The summed E-state index contributed by atoms with van der Waals surface area (Å²) in [5.41, 5.74) is 5.38. The zero-order chi connectivity index (χ0) is 14.2. The fourth-order valence-corrected chi connectivity index (χ4v) is 3.34. The summed E-state index contributed by atoms with van der Waals surface area (Å²) < 4.78 is 0. The molecule has 0 saturated carbocycles. The average Bonchev–Trinajstić information content (AvgIpc) is 2.55. The molecule has 2 aromatic carbocycles. The topological polar surface area (TPSA) is 18.8 Å². The molecule has 2 aliphatic heterocycles. The number of nitrogens with zero attached hydrogens (tertiary/aromatic N) is 3. The maximum absolute atomic E-state index is 4.78. The second-order valence-corrected chi connectivity index (χ2v) is 5.78. The summed E-state index contributed by atoms with van der Waals surface area (Å²) in [6.45, 7) is 2.04. The van der Waals surface area contributed by atoms with E-state index in [1.165, 1.54) is 22.4 Å². The van der Waals surface area contributed by atoms with E-state index in [-0.39, 0.29) is 18.7 Å². The number of hydrogen-bond acceptors (Lipinski definition) is 3. The van der Waals surface area contributed by atoms with Gasteiger partial charge in [-0.3, -0.25) is 9.89 Å². The minimum Gasteiger partial charge on any atom is -0.340 e. The molecule has 0 bridgehead atoms. The lowest BCUT2D eigenvalue weighted by atomic mass is 10.00. The van der Waals surface area contributed by atoms with Gasteiger partial charge in [-0.25, -0.2) is 0 Å². The lowest BCUT2D eigenvalue weighted by Gasteiger charge is -2.40. The van der Waals surface area contributed by atoms with Crippen molar-refractivity contribution in [1.82, 2.24) is 4.90 Å². The molecule has 4 heteroatoms. The Morgan fingerprint density at radius 3 is 2.59 bits per heavy atom. The van der Waals surface area contributed by atoms with Crippen molar-refractivity contribution in [1.29, 1.82) is 0 Å². The van der Waals surface area contributed by atoms with E-state index in [9.17, 15) is 0 Å².